The van der Waals surface area contributed by atoms with Crippen molar-refractivity contribution in [2.45, 2.75) is 13.5 Å². The van der Waals surface area contributed by atoms with Crippen LogP contribution in [0.2, 0.25) is 0 Å². The van der Waals surface area contributed by atoms with Crippen LogP contribution in [0.25, 0.3) is 0 Å². The van der Waals surface area contributed by atoms with Crippen molar-refractivity contribution in [3.8, 4) is 0 Å². The van der Waals surface area contributed by atoms with E-state index in [9.17, 15) is 24.1 Å². The third-order valence-corrected chi connectivity index (χ3v) is 3.50. The number of ether oxygens (including phenoxy) is 1. The first-order valence-electron chi connectivity index (χ1n) is 7.23. The fraction of sp³-hybridized carbons (Fsp3) is 0.176. The maximum atomic E-state index is 13.5. The minimum Gasteiger partial charge on any atom is -0.465 e. The highest BCUT2D eigenvalue weighted by molar-refractivity contribution is 5.98. The number of nitro benzene ring substituents is 1. The van der Waals surface area contributed by atoms with E-state index < -0.39 is 28.3 Å². The first-order chi connectivity index (χ1) is 11.8. The molecule has 2 aromatic carbocycles. The summed E-state index contributed by atoms with van der Waals surface area (Å²) in [6.45, 7) is 1.65. The van der Waals surface area contributed by atoms with Gasteiger partial charge in [-0.25, -0.2) is 9.18 Å². The Kier molecular flexibility index (Phi) is 5.43. The van der Waals surface area contributed by atoms with Gasteiger partial charge in [-0.2, -0.15) is 0 Å². The van der Waals surface area contributed by atoms with Gasteiger partial charge in [0.15, 0.2) is 0 Å². The Morgan fingerprint density at radius 1 is 1.20 bits per heavy atom. The zero-order valence-electron chi connectivity index (χ0n) is 13.5. The van der Waals surface area contributed by atoms with E-state index in [4.69, 9.17) is 0 Å². The minimum atomic E-state index is -0.793. The molecule has 0 atom stereocenters. The van der Waals surface area contributed by atoms with Crippen LogP contribution < -0.4 is 5.32 Å². The predicted molar refractivity (Wildman–Crippen MR) is 86.7 cm³/mol. The van der Waals surface area contributed by atoms with E-state index >= 15 is 0 Å². The van der Waals surface area contributed by atoms with Crippen LogP contribution in [-0.4, -0.2) is 23.9 Å². The van der Waals surface area contributed by atoms with Gasteiger partial charge in [-0.15, -0.1) is 0 Å². The highest BCUT2D eigenvalue weighted by atomic mass is 19.1. The number of benzene rings is 2. The van der Waals surface area contributed by atoms with Gasteiger partial charge < -0.3 is 10.1 Å². The zero-order chi connectivity index (χ0) is 18.6. The number of nitro groups is 1. The van der Waals surface area contributed by atoms with Crippen molar-refractivity contribution in [2.24, 2.45) is 0 Å². The average Bonchev–Trinajstić information content (AvgIpc) is 2.61. The van der Waals surface area contributed by atoms with E-state index in [2.05, 4.69) is 10.1 Å². The second-order valence-corrected chi connectivity index (χ2v) is 5.28. The molecule has 8 heteroatoms. The number of nitrogens with one attached hydrogen (secondary N) is 1. The van der Waals surface area contributed by atoms with Crippen molar-refractivity contribution >= 4 is 17.6 Å². The number of amides is 1. The number of halogens is 1. The van der Waals surface area contributed by atoms with E-state index in [0.717, 1.165) is 19.2 Å². The van der Waals surface area contributed by atoms with E-state index in [1.54, 1.807) is 19.1 Å². The third-order valence-electron chi connectivity index (χ3n) is 3.50. The Balaban J connectivity index is 2.22. The second kappa shape index (κ2) is 7.52. The number of esters is 1. The van der Waals surface area contributed by atoms with Crippen LogP contribution in [0.15, 0.2) is 36.4 Å². The van der Waals surface area contributed by atoms with Gasteiger partial charge in [0.25, 0.3) is 11.6 Å². The van der Waals surface area contributed by atoms with Gasteiger partial charge in [0.1, 0.15) is 5.82 Å². The van der Waals surface area contributed by atoms with Gasteiger partial charge in [0.05, 0.1) is 17.6 Å². The molecule has 0 spiro atoms. The second-order valence-electron chi connectivity index (χ2n) is 5.28. The topological polar surface area (TPSA) is 98.5 Å². The molecule has 0 bridgehead atoms. The molecule has 0 aliphatic carbocycles. The Hall–Kier alpha value is -3.29. The Bertz CT molecular complexity index is 851. The van der Waals surface area contributed by atoms with Crippen molar-refractivity contribution in [1.29, 1.82) is 0 Å². The SMILES string of the molecule is COC(=O)c1cc(C(=O)NCc2ccc(C)c(F)c2)cc([N+](=O)[O-])c1. The molecule has 7 nitrogen and oxygen atoms in total. The van der Waals surface area contributed by atoms with Crippen molar-refractivity contribution in [1.82, 2.24) is 5.32 Å². The molecule has 0 aliphatic rings. The van der Waals surface area contributed by atoms with Crippen LogP contribution in [0.4, 0.5) is 10.1 Å². The molecule has 0 saturated heterocycles. The molecule has 0 radical (unpaired) electrons. The monoisotopic (exact) mass is 346 g/mol. The number of methoxy groups -OCH3 is 1. The molecule has 0 heterocycles. The van der Waals surface area contributed by atoms with Crippen LogP contribution in [0.3, 0.4) is 0 Å². The number of nitrogens with zero attached hydrogens (tertiary/aromatic N) is 1. The summed E-state index contributed by atoms with van der Waals surface area (Å²) in [6.07, 6.45) is 0. The average molecular weight is 346 g/mol. The van der Waals surface area contributed by atoms with Crippen molar-refractivity contribution in [3.63, 3.8) is 0 Å². The zero-order valence-corrected chi connectivity index (χ0v) is 13.5. The summed E-state index contributed by atoms with van der Waals surface area (Å²) in [5.74, 6) is -1.82. The van der Waals surface area contributed by atoms with Crippen LogP contribution in [0.1, 0.15) is 31.8 Å². The first-order valence-corrected chi connectivity index (χ1v) is 7.23. The highest BCUT2D eigenvalue weighted by Gasteiger charge is 2.18. The molecular weight excluding hydrogens is 331 g/mol. The Morgan fingerprint density at radius 2 is 1.88 bits per heavy atom. The summed E-state index contributed by atoms with van der Waals surface area (Å²) < 4.78 is 18.0. The molecule has 0 aromatic heterocycles. The summed E-state index contributed by atoms with van der Waals surface area (Å²) in [6, 6.07) is 7.81. The molecular formula is C17H15FN2O5. The van der Waals surface area contributed by atoms with Crippen molar-refractivity contribution in [3.05, 3.63) is 74.6 Å². The lowest BCUT2D eigenvalue weighted by molar-refractivity contribution is -0.384. The Labute approximate surface area is 142 Å². The van der Waals surface area contributed by atoms with Gasteiger partial charge in [-0.3, -0.25) is 14.9 Å². The molecule has 0 aliphatic heterocycles. The summed E-state index contributed by atoms with van der Waals surface area (Å²) in [4.78, 5) is 34.1. The number of non-ortho nitro benzene ring substituents is 1. The van der Waals surface area contributed by atoms with Crippen molar-refractivity contribution in [2.75, 3.05) is 7.11 Å². The molecule has 2 aromatic rings. The maximum Gasteiger partial charge on any atom is 0.338 e. The van der Waals surface area contributed by atoms with Crippen LogP contribution in [0, 0.1) is 22.9 Å². The number of carbonyl (C=O) groups excluding carboxylic acids is 2. The lowest BCUT2D eigenvalue weighted by Crippen LogP contribution is -2.23. The third kappa shape index (κ3) is 4.37. The lowest BCUT2D eigenvalue weighted by Gasteiger charge is -2.08. The number of hydrogen-bond donors (Lipinski definition) is 1. The normalized spacial score (nSPS) is 10.2. The minimum absolute atomic E-state index is 0.0340. The first kappa shape index (κ1) is 18.1. The van der Waals surface area contributed by atoms with E-state index in [1.165, 1.54) is 12.1 Å². The quantitative estimate of drug-likeness (QED) is 0.510. The summed E-state index contributed by atoms with van der Waals surface area (Å²) in [5, 5.41) is 13.5. The number of hydrogen-bond acceptors (Lipinski definition) is 5. The summed E-state index contributed by atoms with van der Waals surface area (Å²) >= 11 is 0. The standard InChI is InChI=1S/C17H15FN2O5/c1-10-3-4-11(5-15(10)18)9-19-16(21)12-6-13(17(22)25-2)8-14(7-12)20(23)24/h3-8H,9H2,1-2H3,(H,19,21). The molecule has 0 saturated carbocycles. The molecule has 25 heavy (non-hydrogen) atoms. The van der Waals surface area contributed by atoms with Gasteiger partial charge in [-0.05, 0) is 30.2 Å². The van der Waals surface area contributed by atoms with Gasteiger partial charge in [-0.1, -0.05) is 12.1 Å². The largest absolute Gasteiger partial charge is 0.465 e. The Morgan fingerprint density at radius 3 is 2.48 bits per heavy atom. The molecule has 1 amide bonds. The summed E-state index contributed by atoms with van der Waals surface area (Å²) in [5.41, 5.74) is 0.436. The fourth-order valence-electron chi connectivity index (χ4n) is 2.11. The molecule has 0 unspecified atom stereocenters. The molecule has 1 N–H and O–H groups in total. The van der Waals surface area contributed by atoms with E-state index in [-0.39, 0.29) is 17.7 Å². The number of aryl methyl sites for hydroxylation is 1. The van der Waals surface area contributed by atoms with Crippen LogP contribution in [-0.2, 0) is 11.3 Å². The van der Waals surface area contributed by atoms with E-state index in [0.29, 0.717) is 11.1 Å². The molecule has 0 fully saturated rings. The molecule has 130 valence electrons. The van der Waals surface area contributed by atoms with Gasteiger partial charge in [0.2, 0.25) is 0 Å². The number of carbonyl (C=O) groups is 2. The smallest absolute Gasteiger partial charge is 0.338 e. The van der Waals surface area contributed by atoms with E-state index in [1.807, 2.05) is 0 Å². The highest BCUT2D eigenvalue weighted by Crippen LogP contribution is 2.18. The lowest BCUT2D eigenvalue weighted by atomic mass is 10.1. The van der Waals surface area contributed by atoms with Crippen LogP contribution in [0.5, 0.6) is 0 Å². The maximum absolute atomic E-state index is 13.5. The summed E-state index contributed by atoms with van der Waals surface area (Å²) in [7, 11) is 1.13. The van der Waals surface area contributed by atoms with Crippen LogP contribution >= 0.6 is 0 Å². The van der Waals surface area contributed by atoms with Gasteiger partial charge >= 0.3 is 5.97 Å². The molecule has 2 rings (SSSR count). The predicted octanol–water partition coefficient (Wildman–Crippen LogP) is 2.76. The van der Waals surface area contributed by atoms with Crippen molar-refractivity contribution < 1.29 is 23.6 Å². The fourth-order valence-corrected chi connectivity index (χ4v) is 2.11. The van der Waals surface area contributed by atoms with Gasteiger partial charge in [0, 0.05) is 24.2 Å². The number of rotatable bonds is 5.